The number of hydrogen-bond donors (Lipinski definition) is 1. The molecule has 0 bridgehead atoms. The van der Waals surface area contributed by atoms with Crippen molar-refractivity contribution in [2.45, 2.75) is 56.4 Å². The van der Waals surface area contributed by atoms with Gasteiger partial charge in [-0.3, -0.25) is 4.90 Å². The van der Waals surface area contributed by atoms with Crippen LogP contribution in [0, 0.1) is 5.41 Å². The lowest BCUT2D eigenvalue weighted by Crippen LogP contribution is -2.69. The number of amides is 2. The van der Waals surface area contributed by atoms with E-state index in [9.17, 15) is 13.2 Å². The topological polar surface area (TPSA) is 102 Å². The number of urea groups is 1. The van der Waals surface area contributed by atoms with Crippen molar-refractivity contribution in [3.63, 3.8) is 0 Å². The van der Waals surface area contributed by atoms with Gasteiger partial charge < -0.3 is 14.8 Å². The largest absolute Gasteiger partial charge is 0.328 e. The number of rotatable bonds is 3. The number of likely N-dealkylation sites (tertiary alicyclic amines) is 2. The molecule has 1 aromatic heterocycles. The first kappa shape index (κ1) is 20.0. The Balaban J connectivity index is 0.950. The van der Waals surface area contributed by atoms with E-state index in [1.807, 2.05) is 9.80 Å². The predicted molar refractivity (Wildman–Crippen MR) is 115 cm³/mol. The number of sulfone groups is 1. The lowest BCUT2D eigenvalue weighted by atomic mass is 9.60. The van der Waals surface area contributed by atoms with Crippen LogP contribution in [0.2, 0.25) is 0 Å². The molecule has 0 unspecified atom stereocenters. The Morgan fingerprint density at radius 1 is 0.871 bits per heavy atom. The van der Waals surface area contributed by atoms with Crippen LogP contribution in [0.1, 0.15) is 62.0 Å². The minimum Gasteiger partial charge on any atom is -0.328 e. The van der Waals surface area contributed by atoms with Gasteiger partial charge in [-0.05, 0) is 38.5 Å². The Labute approximate surface area is 183 Å². The van der Waals surface area contributed by atoms with Crippen LogP contribution in [0.5, 0.6) is 0 Å². The van der Waals surface area contributed by atoms with Crippen LogP contribution in [-0.4, -0.2) is 101 Å². The van der Waals surface area contributed by atoms with Gasteiger partial charge in [-0.15, -0.1) is 10.2 Å². The minimum atomic E-state index is -2.82. The maximum atomic E-state index is 12.9. The molecule has 170 valence electrons. The van der Waals surface area contributed by atoms with Crippen molar-refractivity contribution in [2.75, 3.05) is 50.8 Å². The zero-order valence-electron chi connectivity index (χ0n) is 18.0. The first-order chi connectivity index (χ1) is 14.9. The normalized spacial score (nSPS) is 29.0. The molecule has 31 heavy (non-hydrogen) atoms. The van der Waals surface area contributed by atoms with Crippen molar-refractivity contribution >= 4 is 15.9 Å². The van der Waals surface area contributed by atoms with Crippen molar-refractivity contribution < 1.29 is 13.2 Å². The first-order valence-electron chi connectivity index (χ1n) is 11.8. The molecule has 9 nitrogen and oxygen atoms in total. The van der Waals surface area contributed by atoms with E-state index in [0.717, 1.165) is 63.5 Å². The van der Waals surface area contributed by atoms with Gasteiger partial charge in [-0.2, -0.15) is 0 Å². The Kier molecular flexibility index (Phi) is 4.61. The third-order valence-corrected chi connectivity index (χ3v) is 9.80. The third kappa shape index (κ3) is 3.75. The summed E-state index contributed by atoms with van der Waals surface area (Å²) >= 11 is 0. The van der Waals surface area contributed by atoms with E-state index < -0.39 is 9.84 Å². The summed E-state index contributed by atoms with van der Waals surface area (Å²) in [6, 6.07) is 0.693. The monoisotopic (exact) mass is 448 g/mol. The lowest BCUT2D eigenvalue weighted by Gasteiger charge is -2.61. The molecule has 3 aliphatic heterocycles. The van der Waals surface area contributed by atoms with Crippen LogP contribution in [0.3, 0.4) is 0 Å². The van der Waals surface area contributed by atoms with E-state index in [1.165, 1.54) is 12.8 Å². The predicted octanol–water partition coefficient (Wildman–Crippen LogP) is 1.18. The molecule has 0 aromatic carbocycles. The van der Waals surface area contributed by atoms with Gasteiger partial charge in [0.2, 0.25) is 0 Å². The Bertz CT molecular complexity index is 938. The zero-order valence-corrected chi connectivity index (χ0v) is 18.8. The molecule has 10 heteroatoms. The quantitative estimate of drug-likeness (QED) is 0.745. The number of hydrogen-bond acceptors (Lipinski definition) is 6. The van der Waals surface area contributed by atoms with Crippen molar-refractivity contribution in [3.05, 3.63) is 11.6 Å². The third-order valence-electron chi connectivity index (χ3n) is 8.19. The summed E-state index contributed by atoms with van der Waals surface area (Å²) in [7, 11) is -2.82. The number of carbonyl (C=O) groups is 1. The fourth-order valence-corrected chi connectivity index (χ4v) is 7.23. The number of nitrogens with one attached hydrogen (secondary N) is 1. The number of carbonyl (C=O) groups excluding carboxylic acids is 1. The van der Waals surface area contributed by atoms with Crippen LogP contribution in [0.4, 0.5) is 4.79 Å². The molecule has 0 atom stereocenters. The summed E-state index contributed by atoms with van der Waals surface area (Å²) in [6.45, 7) is 4.65. The lowest BCUT2D eigenvalue weighted by molar-refractivity contribution is -0.0924. The highest BCUT2D eigenvalue weighted by molar-refractivity contribution is 7.91. The zero-order chi connectivity index (χ0) is 21.2. The van der Waals surface area contributed by atoms with E-state index in [1.54, 1.807) is 0 Å². The summed E-state index contributed by atoms with van der Waals surface area (Å²) in [5.74, 6) is 3.62. The van der Waals surface area contributed by atoms with Gasteiger partial charge in [0.05, 0.1) is 11.5 Å². The minimum absolute atomic E-state index is 0.188. The van der Waals surface area contributed by atoms with Crippen LogP contribution in [0.15, 0.2) is 0 Å². The van der Waals surface area contributed by atoms with Crippen molar-refractivity contribution in [1.29, 1.82) is 0 Å². The summed E-state index contributed by atoms with van der Waals surface area (Å²) in [5, 5.41) is 8.68. The van der Waals surface area contributed by atoms with Gasteiger partial charge in [-0.1, -0.05) is 0 Å². The average molecular weight is 449 g/mol. The molecule has 0 radical (unpaired) electrons. The highest BCUT2D eigenvalue weighted by Crippen LogP contribution is 2.50. The van der Waals surface area contributed by atoms with Gasteiger partial charge in [0.25, 0.3) is 0 Å². The Hall–Kier alpha value is -1.68. The van der Waals surface area contributed by atoms with Gasteiger partial charge in [0.15, 0.2) is 9.84 Å². The van der Waals surface area contributed by atoms with E-state index in [-0.39, 0.29) is 11.4 Å². The summed E-state index contributed by atoms with van der Waals surface area (Å²) < 4.78 is 23.3. The fourth-order valence-electron chi connectivity index (χ4n) is 6.00. The second-order valence-corrected chi connectivity index (χ2v) is 12.8. The molecule has 6 rings (SSSR count). The van der Waals surface area contributed by atoms with Gasteiger partial charge in [0, 0.05) is 62.6 Å². The van der Waals surface area contributed by atoms with Crippen LogP contribution < -0.4 is 0 Å². The van der Waals surface area contributed by atoms with Gasteiger partial charge >= 0.3 is 6.03 Å². The SMILES string of the molecule is O=C(N1CCC(c2nnc(C3CC3)[nH]2)CC1)N1CC2(CC(N3CCS(=O)(=O)CC3)C2)C1. The molecule has 2 saturated carbocycles. The summed E-state index contributed by atoms with van der Waals surface area (Å²) in [4.78, 5) is 22.7. The number of H-pyrrole nitrogens is 1. The second-order valence-electron chi connectivity index (χ2n) is 10.5. The molecule has 5 fully saturated rings. The molecule has 1 N–H and O–H groups in total. The number of aromatic nitrogens is 3. The fraction of sp³-hybridized carbons (Fsp3) is 0.857. The molecule has 4 heterocycles. The second kappa shape index (κ2) is 7.16. The van der Waals surface area contributed by atoms with Crippen LogP contribution in [0.25, 0.3) is 0 Å². The Morgan fingerprint density at radius 2 is 1.45 bits per heavy atom. The molecule has 5 aliphatic rings. The Morgan fingerprint density at radius 3 is 2.03 bits per heavy atom. The molecule has 3 saturated heterocycles. The standard InChI is InChI=1S/C21H32N6O3S/c28-20(26-5-3-16(4-6-26)19-22-18(23-24-19)15-1-2-15)27-13-21(14-27)11-17(12-21)25-7-9-31(29,30)10-8-25/h15-17H,1-14H2,(H,22,23,24). The first-order valence-corrected chi connectivity index (χ1v) is 13.6. The van der Waals surface area contributed by atoms with Crippen molar-refractivity contribution in [2.24, 2.45) is 5.41 Å². The van der Waals surface area contributed by atoms with E-state index in [2.05, 4.69) is 20.1 Å². The number of aromatic amines is 1. The van der Waals surface area contributed by atoms with E-state index >= 15 is 0 Å². The maximum Gasteiger partial charge on any atom is 0.320 e. The number of piperidine rings is 1. The molecular weight excluding hydrogens is 416 g/mol. The number of nitrogens with zero attached hydrogens (tertiary/aromatic N) is 5. The highest BCUT2D eigenvalue weighted by atomic mass is 32.2. The molecule has 2 amide bonds. The highest BCUT2D eigenvalue weighted by Gasteiger charge is 2.55. The molecule has 1 spiro atoms. The van der Waals surface area contributed by atoms with E-state index in [4.69, 9.17) is 0 Å². The molecule has 2 aliphatic carbocycles. The smallest absolute Gasteiger partial charge is 0.320 e. The van der Waals surface area contributed by atoms with Crippen molar-refractivity contribution in [3.8, 4) is 0 Å². The van der Waals surface area contributed by atoms with Crippen LogP contribution in [-0.2, 0) is 9.84 Å². The maximum absolute atomic E-state index is 12.9. The average Bonchev–Trinajstić information content (AvgIpc) is 3.43. The van der Waals surface area contributed by atoms with Crippen molar-refractivity contribution in [1.82, 2.24) is 29.9 Å². The molecular formula is C21H32N6O3S. The summed E-state index contributed by atoms with van der Waals surface area (Å²) in [6.07, 6.45) is 6.55. The molecule has 1 aromatic rings. The van der Waals surface area contributed by atoms with Gasteiger partial charge in [-0.25, -0.2) is 13.2 Å². The van der Waals surface area contributed by atoms with E-state index in [0.29, 0.717) is 42.5 Å². The van der Waals surface area contributed by atoms with Crippen LogP contribution >= 0.6 is 0 Å². The summed E-state index contributed by atoms with van der Waals surface area (Å²) in [5.41, 5.74) is 0.286. The van der Waals surface area contributed by atoms with Gasteiger partial charge in [0.1, 0.15) is 11.6 Å².